The van der Waals surface area contributed by atoms with Gasteiger partial charge in [0.15, 0.2) is 0 Å². The lowest BCUT2D eigenvalue weighted by Crippen LogP contribution is -2.34. The summed E-state index contributed by atoms with van der Waals surface area (Å²) in [5, 5.41) is 3.26. The SMILES string of the molecule is CNCCC1CCN(Cc2ccc(I)cc2)CC1. The second-order valence-corrected chi connectivity index (χ2v) is 6.48. The van der Waals surface area contributed by atoms with E-state index in [9.17, 15) is 0 Å². The molecule has 1 aromatic carbocycles. The van der Waals surface area contributed by atoms with Crippen LogP contribution in [0.25, 0.3) is 0 Å². The van der Waals surface area contributed by atoms with Crippen LogP contribution in [0.5, 0.6) is 0 Å². The molecule has 1 saturated heterocycles. The maximum Gasteiger partial charge on any atom is 0.0233 e. The highest BCUT2D eigenvalue weighted by Gasteiger charge is 2.18. The van der Waals surface area contributed by atoms with Crippen LogP contribution in [-0.4, -0.2) is 31.6 Å². The fourth-order valence-electron chi connectivity index (χ4n) is 2.63. The molecule has 1 aromatic rings. The summed E-state index contributed by atoms with van der Waals surface area (Å²) in [4.78, 5) is 2.60. The van der Waals surface area contributed by atoms with Gasteiger partial charge in [-0.2, -0.15) is 0 Å². The smallest absolute Gasteiger partial charge is 0.0233 e. The third-order valence-corrected chi connectivity index (χ3v) is 4.55. The van der Waals surface area contributed by atoms with Crippen molar-refractivity contribution < 1.29 is 0 Å². The average molecular weight is 358 g/mol. The molecule has 1 fully saturated rings. The normalized spacial score (nSPS) is 18.1. The highest BCUT2D eigenvalue weighted by atomic mass is 127. The zero-order valence-electron chi connectivity index (χ0n) is 11.2. The van der Waals surface area contributed by atoms with E-state index in [1.54, 1.807) is 0 Å². The van der Waals surface area contributed by atoms with Crippen molar-refractivity contribution in [3.05, 3.63) is 33.4 Å². The Morgan fingerprint density at radius 3 is 2.50 bits per heavy atom. The maximum absolute atomic E-state index is 3.26. The Kier molecular flexibility index (Phi) is 5.92. The number of likely N-dealkylation sites (tertiary alicyclic amines) is 1. The zero-order chi connectivity index (χ0) is 12.8. The van der Waals surface area contributed by atoms with Crippen molar-refractivity contribution in [1.29, 1.82) is 0 Å². The number of halogens is 1. The van der Waals surface area contributed by atoms with Crippen molar-refractivity contribution in [3.63, 3.8) is 0 Å². The molecule has 1 heterocycles. The van der Waals surface area contributed by atoms with E-state index in [1.807, 2.05) is 7.05 Å². The quantitative estimate of drug-likeness (QED) is 0.814. The molecule has 0 spiro atoms. The molecule has 0 saturated carbocycles. The largest absolute Gasteiger partial charge is 0.320 e. The van der Waals surface area contributed by atoms with Gasteiger partial charge in [-0.15, -0.1) is 0 Å². The van der Waals surface area contributed by atoms with E-state index in [1.165, 1.54) is 48.0 Å². The lowest BCUT2D eigenvalue weighted by atomic mass is 9.93. The van der Waals surface area contributed by atoms with Gasteiger partial charge in [-0.25, -0.2) is 0 Å². The summed E-state index contributed by atoms with van der Waals surface area (Å²) in [7, 11) is 2.05. The number of nitrogens with one attached hydrogen (secondary N) is 1. The Labute approximate surface area is 124 Å². The van der Waals surface area contributed by atoms with Gasteiger partial charge in [0.2, 0.25) is 0 Å². The van der Waals surface area contributed by atoms with E-state index in [2.05, 4.69) is 57.1 Å². The molecule has 0 unspecified atom stereocenters. The van der Waals surface area contributed by atoms with Crippen LogP contribution in [0.3, 0.4) is 0 Å². The number of piperidine rings is 1. The molecule has 2 nitrogen and oxygen atoms in total. The minimum Gasteiger partial charge on any atom is -0.320 e. The van der Waals surface area contributed by atoms with Gasteiger partial charge in [0, 0.05) is 10.1 Å². The fourth-order valence-corrected chi connectivity index (χ4v) is 2.99. The van der Waals surface area contributed by atoms with Gasteiger partial charge in [0.25, 0.3) is 0 Å². The summed E-state index contributed by atoms with van der Waals surface area (Å²) in [6.45, 7) is 4.82. The minimum atomic E-state index is 0.936. The summed E-state index contributed by atoms with van der Waals surface area (Å²) in [6, 6.07) is 8.93. The lowest BCUT2D eigenvalue weighted by Gasteiger charge is -2.32. The number of benzene rings is 1. The van der Waals surface area contributed by atoms with Crippen molar-refractivity contribution in [2.24, 2.45) is 5.92 Å². The molecule has 2 rings (SSSR count). The van der Waals surface area contributed by atoms with Gasteiger partial charge in [-0.1, -0.05) is 12.1 Å². The van der Waals surface area contributed by atoms with E-state index in [4.69, 9.17) is 0 Å². The van der Waals surface area contributed by atoms with E-state index in [-0.39, 0.29) is 0 Å². The van der Waals surface area contributed by atoms with Gasteiger partial charge in [-0.3, -0.25) is 4.90 Å². The molecule has 1 aliphatic heterocycles. The van der Waals surface area contributed by atoms with Gasteiger partial charge in [-0.05, 0) is 92.1 Å². The number of nitrogens with zero attached hydrogens (tertiary/aromatic N) is 1. The first-order valence-corrected chi connectivity index (χ1v) is 7.97. The first-order valence-electron chi connectivity index (χ1n) is 6.89. The minimum absolute atomic E-state index is 0.936. The first-order chi connectivity index (χ1) is 8.78. The van der Waals surface area contributed by atoms with Crippen molar-refractivity contribution in [2.45, 2.75) is 25.8 Å². The van der Waals surface area contributed by atoms with Crippen LogP contribution in [0, 0.1) is 9.49 Å². The first kappa shape index (κ1) is 14.3. The van der Waals surface area contributed by atoms with E-state index in [0.29, 0.717) is 0 Å². The second-order valence-electron chi connectivity index (χ2n) is 5.24. The fraction of sp³-hybridized carbons (Fsp3) is 0.600. The number of rotatable bonds is 5. The summed E-state index contributed by atoms with van der Waals surface area (Å²) in [5.41, 5.74) is 1.45. The van der Waals surface area contributed by atoms with Crippen molar-refractivity contribution in [1.82, 2.24) is 10.2 Å². The van der Waals surface area contributed by atoms with Gasteiger partial charge in [0.05, 0.1) is 0 Å². The van der Waals surface area contributed by atoms with Crippen molar-refractivity contribution in [2.75, 3.05) is 26.7 Å². The topological polar surface area (TPSA) is 15.3 Å². The Balaban J connectivity index is 1.74. The number of hydrogen-bond acceptors (Lipinski definition) is 2. The van der Waals surface area contributed by atoms with Gasteiger partial charge >= 0.3 is 0 Å². The molecule has 0 bridgehead atoms. The van der Waals surface area contributed by atoms with Gasteiger partial charge in [0.1, 0.15) is 0 Å². The van der Waals surface area contributed by atoms with E-state index < -0.39 is 0 Å². The van der Waals surface area contributed by atoms with Crippen molar-refractivity contribution >= 4 is 22.6 Å². The van der Waals surface area contributed by atoms with Crippen LogP contribution < -0.4 is 5.32 Å². The van der Waals surface area contributed by atoms with Crippen LogP contribution in [0.4, 0.5) is 0 Å². The molecule has 0 radical (unpaired) electrons. The second kappa shape index (κ2) is 7.46. The predicted octanol–water partition coefficient (Wildman–Crippen LogP) is 3.11. The van der Waals surface area contributed by atoms with Crippen LogP contribution in [0.15, 0.2) is 24.3 Å². The molecule has 1 aliphatic rings. The monoisotopic (exact) mass is 358 g/mol. The predicted molar refractivity (Wildman–Crippen MR) is 85.7 cm³/mol. The standard InChI is InChI=1S/C15H23IN2/c1-17-9-6-13-7-10-18(11-8-13)12-14-2-4-15(16)5-3-14/h2-5,13,17H,6-12H2,1H3. The summed E-state index contributed by atoms with van der Waals surface area (Å²) in [5.74, 6) is 0.936. The molecule has 0 aromatic heterocycles. The molecular formula is C15H23IN2. The van der Waals surface area contributed by atoms with Crippen molar-refractivity contribution in [3.8, 4) is 0 Å². The molecule has 0 aliphatic carbocycles. The van der Waals surface area contributed by atoms with Crippen LogP contribution in [0.1, 0.15) is 24.8 Å². The Hall–Kier alpha value is -0.130. The molecule has 1 N–H and O–H groups in total. The highest BCUT2D eigenvalue weighted by Crippen LogP contribution is 2.21. The van der Waals surface area contributed by atoms with Gasteiger partial charge < -0.3 is 5.32 Å². The third kappa shape index (κ3) is 4.52. The average Bonchev–Trinajstić information content (AvgIpc) is 2.41. The summed E-state index contributed by atoms with van der Waals surface area (Å²) < 4.78 is 1.32. The van der Waals surface area contributed by atoms with Crippen LogP contribution >= 0.6 is 22.6 Å². The Morgan fingerprint density at radius 2 is 1.89 bits per heavy atom. The molecule has 18 heavy (non-hydrogen) atoms. The van der Waals surface area contributed by atoms with E-state index >= 15 is 0 Å². The maximum atomic E-state index is 3.26. The molecular weight excluding hydrogens is 335 g/mol. The molecule has 3 heteroatoms. The molecule has 0 amide bonds. The van der Waals surface area contributed by atoms with Crippen LogP contribution in [0.2, 0.25) is 0 Å². The Morgan fingerprint density at radius 1 is 1.22 bits per heavy atom. The lowest BCUT2D eigenvalue weighted by molar-refractivity contribution is 0.172. The van der Waals surface area contributed by atoms with Crippen LogP contribution in [-0.2, 0) is 6.54 Å². The zero-order valence-corrected chi connectivity index (χ0v) is 13.3. The summed E-state index contributed by atoms with van der Waals surface area (Å²) in [6.07, 6.45) is 4.08. The highest BCUT2D eigenvalue weighted by molar-refractivity contribution is 14.1. The third-order valence-electron chi connectivity index (χ3n) is 3.83. The number of hydrogen-bond donors (Lipinski definition) is 1. The van der Waals surface area contributed by atoms with E-state index in [0.717, 1.165) is 12.5 Å². The summed E-state index contributed by atoms with van der Waals surface area (Å²) >= 11 is 2.36. The molecule has 100 valence electrons. The Bertz CT molecular complexity index is 342. The molecule has 0 atom stereocenters.